The zero-order chi connectivity index (χ0) is 24.0. The maximum Gasteiger partial charge on any atom is 0.321 e. The highest BCUT2D eigenvalue weighted by molar-refractivity contribution is 6.05. The molecule has 0 saturated carbocycles. The number of halogens is 1. The highest BCUT2D eigenvalue weighted by atomic mass is 19.1. The van der Waals surface area contributed by atoms with Gasteiger partial charge in [-0.25, -0.2) is 14.4 Å². The van der Waals surface area contributed by atoms with E-state index in [1.807, 2.05) is 36.4 Å². The van der Waals surface area contributed by atoms with Crippen LogP contribution in [0.2, 0.25) is 0 Å². The number of ether oxygens (including phenoxy) is 2. The first-order valence-electron chi connectivity index (χ1n) is 11.2. The van der Waals surface area contributed by atoms with E-state index in [0.29, 0.717) is 11.3 Å². The molecule has 5 rings (SSSR count). The molecule has 1 aliphatic rings. The normalized spacial score (nSPS) is 13.3. The van der Waals surface area contributed by atoms with Crippen molar-refractivity contribution in [3.8, 4) is 22.9 Å². The maximum absolute atomic E-state index is 13.0. The van der Waals surface area contributed by atoms with Gasteiger partial charge in [0.15, 0.2) is 0 Å². The topological polar surface area (TPSA) is 76.6 Å². The molecule has 0 atom stereocenters. The number of hydrogen-bond acceptors (Lipinski definition) is 6. The van der Waals surface area contributed by atoms with Crippen LogP contribution in [0.15, 0.2) is 85.2 Å². The number of carbonyl (C=O) groups excluding carboxylic acids is 1. The monoisotopic (exact) mass is 470 g/mol. The summed E-state index contributed by atoms with van der Waals surface area (Å²) in [7, 11) is 0. The van der Waals surface area contributed by atoms with Gasteiger partial charge < -0.3 is 19.7 Å². The summed E-state index contributed by atoms with van der Waals surface area (Å²) in [5, 5.41) is 2.95. The first-order valence-corrected chi connectivity index (χ1v) is 11.2. The van der Waals surface area contributed by atoms with Crippen LogP contribution in [0.4, 0.5) is 15.8 Å². The minimum atomic E-state index is -0.345. The van der Waals surface area contributed by atoms with Crippen LogP contribution in [0.3, 0.4) is 0 Å². The summed E-state index contributed by atoms with van der Waals surface area (Å²) in [6.07, 6.45) is 3.24. The predicted molar refractivity (Wildman–Crippen MR) is 131 cm³/mol. The third kappa shape index (κ3) is 5.62. The zero-order valence-electron chi connectivity index (χ0n) is 18.9. The Labute approximate surface area is 202 Å². The predicted octanol–water partition coefficient (Wildman–Crippen LogP) is 5.16. The van der Waals surface area contributed by atoms with Gasteiger partial charge in [-0.1, -0.05) is 12.1 Å². The quantitative estimate of drug-likeness (QED) is 0.419. The number of nitrogens with zero attached hydrogens (tertiary/aromatic N) is 3. The van der Waals surface area contributed by atoms with Gasteiger partial charge in [0.1, 0.15) is 11.6 Å². The molecule has 7 nitrogen and oxygen atoms in total. The highest BCUT2D eigenvalue weighted by Gasteiger charge is 2.12. The highest BCUT2D eigenvalue weighted by Crippen LogP contribution is 2.24. The number of morpholine rings is 1. The second-order valence-corrected chi connectivity index (χ2v) is 7.99. The van der Waals surface area contributed by atoms with Crippen molar-refractivity contribution in [2.45, 2.75) is 0 Å². The van der Waals surface area contributed by atoms with E-state index in [1.165, 1.54) is 24.3 Å². The van der Waals surface area contributed by atoms with E-state index in [2.05, 4.69) is 20.2 Å². The standard InChI is InChI=1S/C27H23FN4O3/c28-22-4-10-25(11-5-22)35-27-29-17-21(18-30-27)19-2-1-3-20(16-19)26(33)31-23-6-8-24(9-7-23)32-12-14-34-15-13-32/h1-11,16-18H,12-15H2,(H,31,33). The smallest absolute Gasteiger partial charge is 0.321 e. The van der Waals surface area contributed by atoms with Gasteiger partial charge in [0.05, 0.1) is 13.2 Å². The van der Waals surface area contributed by atoms with E-state index in [4.69, 9.17) is 9.47 Å². The zero-order valence-corrected chi connectivity index (χ0v) is 18.9. The van der Waals surface area contributed by atoms with Crippen LogP contribution in [-0.4, -0.2) is 42.2 Å². The molecule has 0 aliphatic carbocycles. The largest absolute Gasteiger partial charge is 0.424 e. The molecule has 0 radical (unpaired) electrons. The lowest BCUT2D eigenvalue weighted by atomic mass is 10.1. The lowest BCUT2D eigenvalue weighted by molar-refractivity contribution is 0.102. The van der Waals surface area contributed by atoms with Gasteiger partial charge in [-0.05, 0) is 66.2 Å². The molecule has 1 amide bonds. The van der Waals surface area contributed by atoms with Gasteiger partial charge >= 0.3 is 6.01 Å². The molecule has 176 valence electrons. The minimum absolute atomic E-state index is 0.148. The molecule has 0 spiro atoms. The van der Waals surface area contributed by atoms with Crippen molar-refractivity contribution in [2.75, 3.05) is 36.5 Å². The number of hydrogen-bond donors (Lipinski definition) is 1. The van der Waals surface area contributed by atoms with Crippen LogP contribution in [0.1, 0.15) is 10.4 Å². The minimum Gasteiger partial charge on any atom is -0.424 e. The molecule has 4 aromatic rings. The van der Waals surface area contributed by atoms with Crippen molar-refractivity contribution in [1.82, 2.24) is 9.97 Å². The van der Waals surface area contributed by atoms with Gasteiger partial charge in [0.25, 0.3) is 5.91 Å². The van der Waals surface area contributed by atoms with Crippen LogP contribution in [-0.2, 0) is 4.74 Å². The maximum atomic E-state index is 13.0. The van der Waals surface area contributed by atoms with Crippen LogP contribution in [0.25, 0.3) is 11.1 Å². The van der Waals surface area contributed by atoms with Crippen LogP contribution < -0.4 is 15.0 Å². The van der Waals surface area contributed by atoms with Crippen molar-refractivity contribution >= 4 is 17.3 Å². The molecular formula is C27H23FN4O3. The third-order valence-corrected chi connectivity index (χ3v) is 5.61. The number of benzene rings is 3. The number of anilines is 2. The molecule has 35 heavy (non-hydrogen) atoms. The number of aromatic nitrogens is 2. The Hall–Kier alpha value is -4.30. The van der Waals surface area contributed by atoms with E-state index >= 15 is 0 Å². The number of amides is 1. The average Bonchev–Trinajstić information content (AvgIpc) is 2.91. The molecule has 1 fully saturated rings. The second kappa shape index (κ2) is 10.3. The van der Waals surface area contributed by atoms with E-state index in [0.717, 1.165) is 48.8 Å². The molecule has 3 aromatic carbocycles. The van der Waals surface area contributed by atoms with Gasteiger partial charge in [-0.15, -0.1) is 0 Å². The summed E-state index contributed by atoms with van der Waals surface area (Å²) in [6, 6.07) is 20.8. The fourth-order valence-corrected chi connectivity index (χ4v) is 3.75. The van der Waals surface area contributed by atoms with Crippen LogP contribution >= 0.6 is 0 Å². The Morgan fingerprint density at radius 1 is 0.914 bits per heavy atom. The molecule has 0 unspecified atom stereocenters. The van der Waals surface area contributed by atoms with Crippen LogP contribution in [0.5, 0.6) is 11.8 Å². The fraction of sp³-hybridized carbons (Fsp3) is 0.148. The van der Waals surface area contributed by atoms with Crippen LogP contribution in [0, 0.1) is 5.82 Å². The third-order valence-electron chi connectivity index (χ3n) is 5.61. The van der Waals surface area contributed by atoms with Crippen molar-refractivity contribution in [3.05, 3.63) is 96.6 Å². The first kappa shape index (κ1) is 22.5. The van der Waals surface area contributed by atoms with E-state index in [9.17, 15) is 9.18 Å². The molecule has 1 N–H and O–H groups in total. The summed E-state index contributed by atoms with van der Waals surface area (Å²) in [6.45, 7) is 3.18. The lowest BCUT2D eigenvalue weighted by Crippen LogP contribution is -2.36. The Bertz CT molecular complexity index is 1290. The molecule has 1 aliphatic heterocycles. The molecule has 1 aromatic heterocycles. The molecule has 1 saturated heterocycles. The summed E-state index contributed by atoms with van der Waals surface area (Å²) in [4.78, 5) is 23.6. The van der Waals surface area contributed by atoms with Gasteiger partial charge in [-0.3, -0.25) is 4.79 Å². The lowest BCUT2D eigenvalue weighted by Gasteiger charge is -2.28. The van der Waals surface area contributed by atoms with Gasteiger partial charge in [0.2, 0.25) is 0 Å². The second-order valence-electron chi connectivity index (χ2n) is 7.99. The van der Waals surface area contributed by atoms with Gasteiger partial charge in [0, 0.05) is 48.0 Å². The van der Waals surface area contributed by atoms with E-state index in [1.54, 1.807) is 24.5 Å². The van der Waals surface area contributed by atoms with Gasteiger partial charge in [-0.2, -0.15) is 0 Å². The van der Waals surface area contributed by atoms with E-state index < -0.39 is 0 Å². The number of rotatable bonds is 6. The van der Waals surface area contributed by atoms with Crippen molar-refractivity contribution in [1.29, 1.82) is 0 Å². The molecule has 2 heterocycles. The Morgan fingerprint density at radius 2 is 1.63 bits per heavy atom. The molecular weight excluding hydrogens is 447 g/mol. The Morgan fingerprint density at radius 3 is 2.34 bits per heavy atom. The molecule has 0 bridgehead atoms. The summed E-state index contributed by atoms with van der Waals surface area (Å²) in [5.41, 5.74) is 3.89. The SMILES string of the molecule is O=C(Nc1ccc(N2CCOCC2)cc1)c1cccc(-c2cnc(Oc3ccc(F)cc3)nc2)c1. The Kier molecular flexibility index (Phi) is 6.63. The first-order chi connectivity index (χ1) is 17.1. The molecule has 8 heteroatoms. The number of nitrogens with one attached hydrogen (secondary N) is 1. The van der Waals surface area contributed by atoms with E-state index in [-0.39, 0.29) is 17.7 Å². The fourth-order valence-electron chi connectivity index (χ4n) is 3.75. The summed E-state index contributed by atoms with van der Waals surface area (Å²) in [5.74, 6) is -0.110. The Balaban J connectivity index is 1.24. The van der Waals surface area contributed by atoms with Crippen molar-refractivity contribution < 1.29 is 18.7 Å². The van der Waals surface area contributed by atoms with Crippen molar-refractivity contribution in [3.63, 3.8) is 0 Å². The summed E-state index contributed by atoms with van der Waals surface area (Å²) >= 11 is 0. The average molecular weight is 471 g/mol. The summed E-state index contributed by atoms with van der Waals surface area (Å²) < 4.78 is 24.0. The number of carbonyl (C=O) groups is 1. The van der Waals surface area contributed by atoms with Crippen molar-refractivity contribution in [2.24, 2.45) is 0 Å².